The first-order valence-corrected chi connectivity index (χ1v) is 7.83. The van der Waals surface area contributed by atoms with Crippen LogP contribution in [0.2, 0.25) is 0 Å². The van der Waals surface area contributed by atoms with E-state index in [1.54, 1.807) is 31.5 Å². The van der Waals surface area contributed by atoms with Gasteiger partial charge in [0.05, 0.1) is 26.0 Å². The van der Waals surface area contributed by atoms with E-state index in [1.807, 2.05) is 18.2 Å². The van der Waals surface area contributed by atoms with Crippen LogP contribution >= 0.6 is 0 Å². The lowest BCUT2D eigenvalue weighted by atomic mass is 10.0. The van der Waals surface area contributed by atoms with Gasteiger partial charge in [0.1, 0.15) is 5.75 Å². The highest BCUT2D eigenvalue weighted by molar-refractivity contribution is 5.96. The number of nitrogens with zero attached hydrogens (tertiary/aromatic N) is 2. The van der Waals surface area contributed by atoms with Crippen molar-refractivity contribution in [3.05, 3.63) is 48.2 Å². The van der Waals surface area contributed by atoms with Crippen LogP contribution in [0, 0.1) is 0 Å². The molecule has 2 aromatic rings. The normalized spacial score (nSPS) is 17.2. The Labute approximate surface area is 144 Å². The molecule has 7 heteroatoms. The summed E-state index contributed by atoms with van der Waals surface area (Å²) in [6.45, 7) is 0.582. The van der Waals surface area contributed by atoms with Crippen molar-refractivity contribution >= 4 is 11.9 Å². The zero-order chi connectivity index (χ0) is 17.8. The van der Waals surface area contributed by atoms with Crippen molar-refractivity contribution in [2.75, 3.05) is 26.8 Å². The molecule has 1 fully saturated rings. The number of amides is 1. The number of rotatable bonds is 4. The van der Waals surface area contributed by atoms with Crippen LogP contribution in [-0.2, 0) is 9.53 Å². The molecule has 130 valence electrons. The monoisotopic (exact) mass is 342 g/mol. The van der Waals surface area contributed by atoms with Crippen LogP contribution in [0.25, 0.3) is 11.3 Å². The summed E-state index contributed by atoms with van der Waals surface area (Å²) < 4.78 is 10.5. The first-order chi connectivity index (χ1) is 12.1. The Balaban J connectivity index is 1.90. The van der Waals surface area contributed by atoms with Crippen LogP contribution in [0.3, 0.4) is 0 Å². The first-order valence-electron chi connectivity index (χ1n) is 7.83. The van der Waals surface area contributed by atoms with Crippen molar-refractivity contribution in [1.82, 2.24) is 9.88 Å². The van der Waals surface area contributed by atoms with E-state index in [1.165, 1.54) is 4.90 Å². The fraction of sp³-hybridized carbons (Fsp3) is 0.278. The number of carbonyl (C=O) groups is 2. The number of carboxylic acid groups (broad SMARTS) is 1. The third-order valence-electron chi connectivity index (χ3n) is 4.02. The lowest BCUT2D eigenvalue weighted by molar-refractivity contribution is -0.154. The highest BCUT2D eigenvalue weighted by Crippen LogP contribution is 2.30. The van der Waals surface area contributed by atoms with Crippen LogP contribution in [0.5, 0.6) is 5.75 Å². The Kier molecular flexibility index (Phi) is 4.95. The van der Waals surface area contributed by atoms with Gasteiger partial charge in [-0.15, -0.1) is 0 Å². The molecule has 1 aromatic carbocycles. The van der Waals surface area contributed by atoms with Crippen LogP contribution in [0.15, 0.2) is 42.6 Å². The van der Waals surface area contributed by atoms with Gasteiger partial charge in [0, 0.05) is 23.9 Å². The maximum atomic E-state index is 12.8. The molecule has 1 N–H and O–H groups in total. The van der Waals surface area contributed by atoms with Gasteiger partial charge in [0.25, 0.3) is 5.91 Å². The van der Waals surface area contributed by atoms with Gasteiger partial charge in [-0.3, -0.25) is 9.78 Å². The molecule has 0 bridgehead atoms. The highest BCUT2D eigenvalue weighted by Gasteiger charge is 2.29. The molecule has 2 heterocycles. The van der Waals surface area contributed by atoms with Crippen molar-refractivity contribution in [2.45, 2.75) is 6.10 Å². The number of carbonyl (C=O) groups excluding carboxylic acids is 1. The summed E-state index contributed by atoms with van der Waals surface area (Å²) in [6.07, 6.45) is 0.675. The predicted octanol–water partition coefficient (Wildman–Crippen LogP) is 1.68. The summed E-state index contributed by atoms with van der Waals surface area (Å²) in [5, 5.41) is 9.08. The minimum atomic E-state index is -1.07. The lowest BCUT2D eigenvalue weighted by Gasteiger charge is -2.31. The smallest absolute Gasteiger partial charge is 0.334 e. The van der Waals surface area contributed by atoms with Crippen molar-refractivity contribution < 1.29 is 24.2 Å². The van der Waals surface area contributed by atoms with Gasteiger partial charge in [-0.25, -0.2) is 4.79 Å². The maximum Gasteiger partial charge on any atom is 0.334 e. The van der Waals surface area contributed by atoms with E-state index in [4.69, 9.17) is 14.6 Å². The first kappa shape index (κ1) is 16.9. The average Bonchev–Trinajstić information content (AvgIpc) is 2.67. The number of pyridine rings is 1. The molecule has 1 unspecified atom stereocenters. The number of hydrogen-bond donors (Lipinski definition) is 1. The fourth-order valence-electron chi connectivity index (χ4n) is 2.73. The summed E-state index contributed by atoms with van der Waals surface area (Å²) in [4.78, 5) is 29.7. The molecule has 0 saturated carbocycles. The summed E-state index contributed by atoms with van der Waals surface area (Å²) in [7, 11) is 1.56. The van der Waals surface area contributed by atoms with Gasteiger partial charge in [0.15, 0.2) is 6.10 Å². The number of ether oxygens (including phenoxy) is 2. The summed E-state index contributed by atoms with van der Waals surface area (Å²) in [6, 6.07) is 10.6. The second kappa shape index (κ2) is 7.31. The minimum absolute atomic E-state index is 0.0269. The third kappa shape index (κ3) is 3.61. The Morgan fingerprint density at radius 1 is 1.32 bits per heavy atom. The van der Waals surface area contributed by atoms with Crippen LogP contribution in [-0.4, -0.2) is 59.8 Å². The Morgan fingerprint density at radius 3 is 2.84 bits per heavy atom. The largest absolute Gasteiger partial charge is 0.496 e. The highest BCUT2D eigenvalue weighted by atomic mass is 16.5. The van der Waals surface area contributed by atoms with E-state index in [-0.39, 0.29) is 19.1 Å². The average molecular weight is 342 g/mol. The Bertz CT molecular complexity index is 778. The number of aliphatic carboxylic acids is 1. The molecule has 0 aliphatic carbocycles. The van der Waals surface area contributed by atoms with Crippen molar-refractivity contribution in [3.63, 3.8) is 0 Å². The molecular formula is C18H18N2O5. The van der Waals surface area contributed by atoms with E-state index in [2.05, 4.69) is 4.98 Å². The topological polar surface area (TPSA) is 89.0 Å². The lowest BCUT2D eigenvalue weighted by Crippen LogP contribution is -2.48. The standard InChI is InChI=1S/C18H18N2O5/c1-24-15-6-5-12(10-13(15)14-4-2-3-7-19-14)17(21)20-8-9-25-16(11-20)18(22)23/h2-7,10,16H,8-9,11H2,1H3,(H,22,23). The zero-order valence-corrected chi connectivity index (χ0v) is 13.7. The summed E-state index contributed by atoms with van der Waals surface area (Å²) in [5.74, 6) is -0.698. The van der Waals surface area contributed by atoms with Crippen molar-refractivity contribution in [3.8, 4) is 17.0 Å². The molecule has 1 aliphatic rings. The zero-order valence-electron chi connectivity index (χ0n) is 13.7. The number of carboxylic acids is 1. The number of aromatic nitrogens is 1. The molecule has 0 spiro atoms. The molecule has 0 radical (unpaired) electrons. The van der Waals surface area contributed by atoms with Gasteiger partial charge in [0.2, 0.25) is 0 Å². The number of benzene rings is 1. The Morgan fingerprint density at radius 2 is 2.16 bits per heavy atom. The Hall–Kier alpha value is -2.93. The van der Waals surface area contributed by atoms with Gasteiger partial charge < -0.3 is 19.5 Å². The fourth-order valence-corrected chi connectivity index (χ4v) is 2.73. The molecule has 1 aliphatic heterocycles. The molecule has 1 amide bonds. The predicted molar refractivity (Wildman–Crippen MR) is 89.5 cm³/mol. The quantitative estimate of drug-likeness (QED) is 0.909. The minimum Gasteiger partial charge on any atom is -0.496 e. The number of methoxy groups -OCH3 is 1. The van der Waals surface area contributed by atoms with Crippen molar-refractivity contribution in [2.24, 2.45) is 0 Å². The van der Waals surface area contributed by atoms with E-state index in [0.717, 1.165) is 0 Å². The third-order valence-corrected chi connectivity index (χ3v) is 4.02. The van der Waals surface area contributed by atoms with Gasteiger partial charge in [-0.2, -0.15) is 0 Å². The van der Waals surface area contributed by atoms with Gasteiger partial charge >= 0.3 is 5.97 Å². The van der Waals surface area contributed by atoms with Crippen LogP contribution in [0.1, 0.15) is 10.4 Å². The van der Waals surface area contributed by atoms with E-state index in [0.29, 0.717) is 29.1 Å². The number of morpholine rings is 1. The van der Waals surface area contributed by atoms with E-state index < -0.39 is 12.1 Å². The molecule has 1 saturated heterocycles. The molecule has 1 aromatic heterocycles. The molecule has 7 nitrogen and oxygen atoms in total. The summed E-state index contributed by atoms with van der Waals surface area (Å²) >= 11 is 0. The molecule has 3 rings (SSSR count). The number of hydrogen-bond acceptors (Lipinski definition) is 5. The SMILES string of the molecule is COc1ccc(C(=O)N2CCOC(C(=O)O)C2)cc1-c1ccccn1. The van der Waals surface area contributed by atoms with Crippen LogP contribution in [0.4, 0.5) is 0 Å². The second-order valence-corrected chi connectivity index (χ2v) is 5.58. The second-order valence-electron chi connectivity index (χ2n) is 5.58. The maximum absolute atomic E-state index is 12.8. The summed E-state index contributed by atoms with van der Waals surface area (Å²) in [5.41, 5.74) is 1.85. The van der Waals surface area contributed by atoms with Crippen molar-refractivity contribution in [1.29, 1.82) is 0 Å². The van der Waals surface area contributed by atoms with E-state index >= 15 is 0 Å². The molecule has 25 heavy (non-hydrogen) atoms. The van der Waals surface area contributed by atoms with Gasteiger partial charge in [-0.1, -0.05) is 6.07 Å². The molecule has 1 atom stereocenters. The van der Waals surface area contributed by atoms with Gasteiger partial charge in [-0.05, 0) is 30.3 Å². The van der Waals surface area contributed by atoms with E-state index in [9.17, 15) is 9.59 Å². The van der Waals surface area contributed by atoms with Crippen LogP contribution < -0.4 is 4.74 Å². The molecular weight excluding hydrogens is 324 g/mol.